The average Bonchev–Trinajstić information content (AvgIpc) is 2.67. The highest BCUT2D eigenvalue weighted by atomic mass is 16.5. The van der Waals surface area contributed by atoms with Gasteiger partial charge in [0.25, 0.3) is 0 Å². The van der Waals surface area contributed by atoms with E-state index in [2.05, 4.69) is 18.2 Å². The van der Waals surface area contributed by atoms with Gasteiger partial charge in [0.15, 0.2) is 0 Å². The molecule has 0 aromatic heterocycles. The monoisotopic (exact) mass is 329 g/mol. The van der Waals surface area contributed by atoms with E-state index in [1.54, 1.807) is 7.11 Å². The number of fused-ring (bicyclic) bond motifs is 3. The average molecular weight is 329 g/mol. The van der Waals surface area contributed by atoms with Gasteiger partial charge in [-0.25, -0.2) is 0 Å². The van der Waals surface area contributed by atoms with Crippen LogP contribution in [0.4, 0.5) is 5.69 Å². The maximum absolute atomic E-state index is 13.1. The number of ether oxygens (including phenoxy) is 1. The fraction of sp³-hybridized carbons (Fsp3) is 0.136. The zero-order valence-electron chi connectivity index (χ0n) is 14.1. The van der Waals surface area contributed by atoms with Gasteiger partial charge in [-0.1, -0.05) is 60.7 Å². The Kier molecular flexibility index (Phi) is 3.98. The number of benzene rings is 3. The number of carbonyl (C=O) groups excluding carboxylic acids is 1. The molecule has 3 aromatic rings. The van der Waals surface area contributed by atoms with Crippen LogP contribution in [0, 0.1) is 0 Å². The highest BCUT2D eigenvalue weighted by Crippen LogP contribution is 2.39. The summed E-state index contributed by atoms with van der Waals surface area (Å²) in [6.07, 6.45) is 0.320. The van der Waals surface area contributed by atoms with Crippen molar-refractivity contribution in [1.29, 1.82) is 0 Å². The summed E-state index contributed by atoms with van der Waals surface area (Å²) in [5.41, 5.74) is 5.37. The van der Waals surface area contributed by atoms with Crippen LogP contribution in [0.2, 0.25) is 0 Å². The molecular weight excluding hydrogens is 310 g/mol. The summed E-state index contributed by atoms with van der Waals surface area (Å²) in [7, 11) is 1.63. The zero-order valence-corrected chi connectivity index (χ0v) is 14.1. The molecule has 3 nitrogen and oxygen atoms in total. The quantitative estimate of drug-likeness (QED) is 0.710. The Hall–Kier alpha value is -3.07. The fourth-order valence-electron chi connectivity index (χ4n) is 3.44. The van der Waals surface area contributed by atoms with E-state index in [4.69, 9.17) is 4.74 Å². The number of carbonyl (C=O) groups is 1. The van der Waals surface area contributed by atoms with Gasteiger partial charge >= 0.3 is 0 Å². The minimum absolute atomic E-state index is 0.0754. The molecule has 0 fully saturated rings. The molecule has 3 aromatic carbocycles. The van der Waals surface area contributed by atoms with Crippen LogP contribution in [0.5, 0.6) is 5.75 Å². The third-order valence-corrected chi connectivity index (χ3v) is 4.67. The number of para-hydroxylation sites is 2. The number of hydrogen-bond donors (Lipinski definition) is 0. The predicted molar refractivity (Wildman–Crippen MR) is 99.8 cm³/mol. The highest BCUT2D eigenvalue weighted by molar-refractivity contribution is 6.01. The van der Waals surface area contributed by atoms with Crippen LogP contribution in [0.15, 0.2) is 72.8 Å². The topological polar surface area (TPSA) is 29.5 Å². The first-order valence-electron chi connectivity index (χ1n) is 8.37. The molecule has 0 aliphatic carbocycles. The molecule has 1 aliphatic heterocycles. The lowest BCUT2D eigenvalue weighted by Gasteiger charge is -2.31. The van der Waals surface area contributed by atoms with Crippen LogP contribution in [0.25, 0.3) is 11.1 Å². The van der Waals surface area contributed by atoms with Crippen molar-refractivity contribution in [2.75, 3.05) is 12.0 Å². The second kappa shape index (κ2) is 6.44. The first-order chi connectivity index (χ1) is 12.3. The minimum atomic E-state index is 0.0754. The van der Waals surface area contributed by atoms with Gasteiger partial charge in [0.2, 0.25) is 5.91 Å². The van der Waals surface area contributed by atoms with Gasteiger partial charge in [0, 0.05) is 11.1 Å². The first-order valence-corrected chi connectivity index (χ1v) is 8.37. The summed E-state index contributed by atoms with van der Waals surface area (Å²) < 4.78 is 5.39. The molecule has 3 heteroatoms. The summed E-state index contributed by atoms with van der Waals surface area (Å²) >= 11 is 0. The fourth-order valence-corrected chi connectivity index (χ4v) is 3.44. The Morgan fingerprint density at radius 1 is 0.920 bits per heavy atom. The van der Waals surface area contributed by atoms with E-state index < -0.39 is 0 Å². The van der Waals surface area contributed by atoms with Gasteiger partial charge in [-0.15, -0.1) is 0 Å². The van der Waals surface area contributed by atoms with Gasteiger partial charge < -0.3 is 9.64 Å². The van der Waals surface area contributed by atoms with Gasteiger partial charge in [-0.2, -0.15) is 0 Å². The highest BCUT2D eigenvalue weighted by Gasteiger charge is 2.26. The lowest BCUT2D eigenvalue weighted by molar-refractivity contribution is -0.118. The molecule has 0 saturated carbocycles. The molecule has 0 N–H and O–H groups in total. The SMILES string of the molecule is COc1ccccc1CC(=O)N1Cc2ccccc2-c2ccccc21. The third-order valence-electron chi connectivity index (χ3n) is 4.67. The second-order valence-corrected chi connectivity index (χ2v) is 6.14. The summed E-state index contributed by atoms with van der Waals surface area (Å²) in [6.45, 7) is 0.598. The molecule has 0 unspecified atom stereocenters. The summed E-state index contributed by atoms with van der Waals surface area (Å²) in [4.78, 5) is 15.0. The molecular formula is C22H19NO2. The smallest absolute Gasteiger partial charge is 0.231 e. The molecule has 1 amide bonds. The summed E-state index contributed by atoms with van der Waals surface area (Å²) in [5.74, 6) is 0.827. The molecule has 0 atom stereocenters. The van der Waals surface area contributed by atoms with E-state index in [1.807, 2.05) is 59.5 Å². The van der Waals surface area contributed by atoms with Crippen LogP contribution >= 0.6 is 0 Å². The lowest BCUT2D eigenvalue weighted by atomic mass is 9.93. The number of rotatable bonds is 3. The van der Waals surface area contributed by atoms with E-state index in [0.717, 1.165) is 22.6 Å². The van der Waals surface area contributed by atoms with E-state index in [0.29, 0.717) is 13.0 Å². The Labute approximate surface area is 147 Å². The molecule has 0 radical (unpaired) electrons. The third kappa shape index (κ3) is 2.78. The predicted octanol–water partition coefficient (Wildman–Crippen LogP) is 4.45. The number of hydrogen-bond acceptors (Lipinski definition) is 2. The molecule has 0 spiro atoms. The van der Waals surface area contributed by atoms with Crippen LogP contribution in [0.1, 0.15) is 11.1 Å². The van der Waals surface area contributed by atoms with E-state index in [1.165, 1.54) is 11.1 Å². The molecule has 1 aliphatic rings. The van der Waals surface area contributed by atoms with Crippen molar-refractivity contribution in [2.45, 2.75) is 13.0 Å². The Morgan fingerprint density at radius 3 is 2.44 bits per heavy atom. The van der Waals surface area contributed by atoms with Crippen molar-refractivity contribution in [1.82, 2.24) is 0 Å². The van der Waals surface area contributed by atoms with Crippen LogP contribution in [-0.4, -0.2) is 13.0 Å². The summed E-state index contributed by atoms with van der Waals surface area (Å²) in [5, 5.41) is 0. The Balaban J connectivity index is 1.70. The van der Waals surface area contributed by atoms with Crippen LogP contribution in [-0.2, 0) is 17.8 Å². The molecule has 25 heavy (non-hydrogen) atoms. The normalized spacial score (nSPS) is 12.3. The molecule has 1 heterocycles. The summed E-state index contributed by atoms with van der Waals surface area (Å²) in [6, 6.07) is 24.1. The van der Waals surface area contributed by atoms with Crippen molar-refractivity contribution in [3.05, 3.63) is 83.9 Å². The largest absolute Gasteiger partial charge is 0.496 e. The number of amides is 1. The number of methoxy groups -OCH3 is 1. The van der Waals surface area contributed by atoms with E-state index >= 15 is 0 Å². The Morgan fingerprint density at radius 2 is 1.60 bits per heavy atom. The van der Waals surface area contributed by atoms with E-state index in [-0.39, 0.29) is 5.91 Å². The molecule has 0 bridgehead atoms. The van der Waals surface area contributed by atoms with Gasteiger partial charge in [0.1, 0.15) is 5.75 Å². The molecule has 124 valence electrons. The number of nitrogens with zero attached hydrogens (tertiary/aromatic N) is 1. The van der Waals surface area contributed by atoms with Gasteiger partial charge in [-0.05, 0) is 23.3 Å². The van der Waals surface area contributed by atoms with Gasteiger partial charge in [-0.3, -0.25) is 4.79 Å². The standard InChI is InChI=1S/C22H19NO2/c1-25-21-13-7-3-8-16(21)14-22(24)23-15-17-9-2-4-10-18(17)19-11-5-6-12-20(19)23/h2-13H,14-15H2,1H3. The van der Waals surface area contributed by atoms with E-state index in [9.17, 15) is 4.79 Å². The van der Waals surface area contributed by atoms with Crippen molar-refractivity contribution in [3.8, 4) is 16.9 Å². The second-order valence-electron chi connectivity index (χ2n) is 6.14. The van der Waals surface area contributed by atoms with Crippen LogP contribution in [0.3, 0.4) is 0 Å². The minimum Gasteiger partial charge on any atom is -0.496 e. The zero-order chi connectivity index (χ0) is 17.2. The maximum Gasteiger partial charge on any atom is 0.231 e. The molecule has 0 saturated heterocycles. The van der Waals surface area contributed by atoms with Crippen molar-refractivity contribution >= 4 is 11.6 Å². The number of anilines is 1. The first kappa shape index (κ1) is 15.5. The lowest BCUT2D eigenvalue weighted by Crippen LogP contribution is -2.34. The Bertz CT molecular complexity index is 933. The van der Waals surface area contributed by atoms with Crippen LogP contribution < -0.4 is 9.64 Å². The maximum atomic E-state index is 13.1. The van der Waals surface area contributed by atoms with Crippen molar-refractivity contribution in [2.24, 2.45) is 0 Å². The van der Waals surface area contributed by atoms with Crippen molar-refractivity contribution in [3.63, 3.8) is 0 Å². The van der Waals surface area contributed by atoms with Gasteiger partial charge in [0.05, 0.1) is 25.8 Å². The molecule has 4 rings (SSSR count). The van der Waals surface area contributed by atoms with Crippen molar-refractivity contribution < 1.29 is 9.53 Å².